The third-order valence-electron chi connectivity index (χ3n) is 6.01. The fourth-order valence-corrected chi connectivity index (χ4v) is 6.15. The predicted molar refractivity (Wildman–Crippen MR) is 154 cm³/mol. The Balaban J connectivity index is 1.35. The first-order valence-electron chi connectivity index (χ1n) is 12.2. The molecule has 40 heavy (non-hydrogen) atoms. The average molecular weight is 574 g/mol. The van der Waals surface area contributed by atoms with Crippen LogP contribution in [0.4, 0.5) is 5.69 Å². The topological polar surface area (TPSA) is 132 Å². The van der Waals surface area contributed by atoms with E-state index in [9.17, 15) is 22.8 Å². The molecule has 0 spiro atoms. The summed E-state index contributed by atoms with van der Waals surface area (Å²) < 4.78 is 32.7. The molecule has 2 N–H and O–H groups in total. The Labute approximate surface area is 233 Å². The van der Waals surface area contributed by atoms with Crippen LogP contribution in [0, 0.1) is 0 Å². The maximum Gasteiger partial charge on any atom is 0.339 e. The maximum absolute atomic E-state index is 13.3. The number of benzene rings is 4. The largest absolute Gasteiger partial charge is 0.449 e. The Bertz CT molecular complexity index is 1840. The molecule has 0 radical (unpaired) electrons. The lowest BCUT2D eigenvalue weighted by Crippen LogP contribution is -2.30. The molecule has 0 saturated heterocycles. The van der Waals surface area contributed by atoms with Gasteiger partial charge >= 0.3 is 5.97 Å². The van der Waals surface area contributed by atoms with E-state index in [0.29, 0.717) is 10.9 Å². The lowest BCUT2D eigenvalue weighted by molar-refractivity contribution is -0.123. The van der Waals surface area contributed by atoms with Crippen molar-refractivity contribution >= 4 is 65.8 Å². The predicted octanol–water partition coefficient (Wildman–Crippen LogP) is 5.13. The van der Waals surface area contributed by atoms with Gasteiger partial charge in [0.2, 0.25) is 5.91 Å². The zero-order valence-corrected chi connectivity index (χ0v) is 23.0. The first-order valence-corrected chi connectivity index (χ1v) is 14.5. The van der Waals surface area contributed by atoms with Crippen LogP contribution in [0.1, 0.15) is 24.2 Å². The number of nitrogens with one attached hydrogen (secondary N) is 2. The fraction of sp³-hybridized carbons (Fsp3) is 0.103. The van der Waals surface area contributed by atoms with E-state index in [1.54, 1.807) is 12.1 Å². The second-order valence-electron chi connectivity index (χ2n) is 8.92. The van der Waals surface area contributed by atoms with Crippen LogP contribution in [0.25, 0.3) is 31.6 Å². The van der Waals surface area contributed by atoms with Crippen molar-refractivity contribution in [3.63, 3.8) is 0 Å². The number of hydrogen-bond donors (Lipinski definition) is 2. The van der Waals surface area contributed by atoms with Crippen molar-refractivity contribution in [1.29, 1.82) is 0 Å². The van der Waals surface area contributed by atoms with Crippen LogP contribution in [0.3, 0.4) is 0 Å². The van der Waals surface area contributed by atoms with Gasteiger partial charge in [0.05, 0.1) is 20.7 Å². The highest BCUT2D eigenvalue weighted by Gasteiger charge is 2.23. The van der Waals surface area contributed by atoms with Crippen molar-refractivity contribution in [3.8, 4) is 10.6 Å². The summed E-state index contributed by atoms with van der Waals surface area (Å²) in [7, 11) is -4.00. The lowest BCUT2D eigenvalue weighted by atomic mass is 9.99. The summed E-state index contributed by atoms with van der Waals surface area (Å²) >= 11 is 1.53. The quantitative estimate of drug-likeness (QED) is 0.258. The summed E-state index contributed by atoms with van der Waals surface area (Å²) in [4.78, 5) is 41.8. The third kappa shape index (κ3) is 5.56. The van der Waals surface area contributed by atoms with Crippen LogP contribution in [0.5, 0.6) is 0 Å². The number of rotatable bonds is 7. The number of carbonyl (C=O) groups excluding carboxylic acids is 3. The number of anilines is 1. The molecule has 2 amide bonds. The molecular formula is C29H23N3O6S2. The fourth-order valence-electron chi connectivity index (χ4n) is 4.16. The standard InChI is InChI=1S/C29H23N3O6S2/c1-17(27(34)30-20-13-15-21(16-14-20)40(36,37)32-18(2)33)38-29(35)23-10-6-8-19-7-5-9-22(26(19)23)28-31-24-11-3-4-12-25(24)39-28/h3-17H,1-2H3,(H,30,34)(H,32,33). The first kappa shape index (κ1) is 27.0. The van der Waals surface area contributed by atoms with Crippen LogP contribution < -0.4 is 10.0 Å². The van der Waals surface area contributed by atoms with Gasteiger partial charge in [0.25, 0.3) is 15.9 Å². The van der Waals surface area contributed by atoms with Gasteiger partial charge in [-0.1, -0.05) is 42.5 Å². The van der Waals surface area contributed by atoms with Gasteiger partial charge < -0.3 is 10.1 Å². The zero-order valence-electron chi connectivity index (χ0n) is 21.4. The molecule has 1 aromatic heterocycles. The van der Waals surface area contributed by atoms with E-state index in [1.165, 1.54) is 42.5 Å². The van der Waals surface area contributed by atoms with Crippen molar-refractivity contribution in [3.05, 3.63) is 90.5 Å². The first-order chi connectivity index (χ1) is 19.1. The van der Waals surface area contributed by atoms with E-state index in [0.717, 1.165) is 33.1 Å². The molecule has 1 unspecified atom stereocenters. The summed E-state index contributed by atoms with van der Waals surface area (Å²) in [6, 6.07) is 24.0. The van der Waals surface area contributed by atoms with Crippen LogP contribution >= 0.6 is 11.3 Å². The Morgan fingerprint density at radius 3 is 2.30 bits per heavy atom. The molecule has 5 rings (SSSR count). The number of fused-ring (bicyclic) bond motifs is 2. The van der Waals surface area contributed by atoms with E-state index in [4.69, 9.17) is 9.72 Å². The lowest BCUT2D eigenvalue weighted by Gasteiger charge is -2.15. The smallest absolute Gasteiger partial charge is 0.339 e. The second-order valence-corrected chi connectivity index (χ2v) is 11.6. The SMILES string of the molecule is CC(=O)NS(=O)(=O)c1ccc(NC(=O)C(C)OC(=O)c2cccc3cccc(-c4nc5ccccc5s4)c23)cc1. The molecule has 0 saturated carbocycles. The molecule has 5 aromatic rings. The molecule has 0 aliphatic rings. The molecule has 202 valence electrons. The van der Waals surface area contributed by atoms with Gasteiger partial charge in [-0.05, 0) is 54.8 Å². The molecule has 11 heteroatoms. The number of sulfonamides is 1. The van der Waals surface area contributed by atoms with Crippen molar-refractivity contribution in [1.82, 2.24) is 9.71 Å². The van der Waals surface area contributed by atoms with Gasteiger partial charge in [0, 0.05) is 23.6 Å². The van der Waals surface area contributed by atoms with Crippen molar-refractivity contribution in [2.24, 2.45) is 0 Å². The highest BCUT2D eigenvalue weighted by atomic mass is 32.2. The molecule has 1 heterocycles. The Kier molecular flexibility index (Phi) is 7.33. The van der Waals surface area contributed by atoms with Crippen LogP contribution in [0.15, 0.2) is 89.8 Å². The molecular weight excluding hydrogens is 550 g/mol. The van der Waals surface area contributed by atoms with Gasteiger partial charge in [-0.25, -0.2) is 22.9 Å². The van der Waals surface area contributed by atoms with E-state index >= 15 is 0 Å². The van der Waals surface area contributed by atoms with E-state index in [2.05, 4.69) is 5.32 Å². The number of amides is 2. The normalized spacial score (nSPS) is 12.2. The van der Waals surface area contributed by atoms with Crippen LogP contribution in [0.2, 0.25) is 0 Å². The molecule has 1 atom stereocenters. The van der Waals surface area contributed by atoms with Gasteiger partial charge in [-0.3, -0.25) is 9.59 Å². The Morgan fingerprint density at radius 2 is 1.60 bits per heavy atom. The van der Waals surface area contributed by atoms with Crippen LogP contribution in [-0.2, 0) is 24.3 Å². The minimum absolute atomic E-state index is 0.139. The number of nitrogens with zero attached hydrogens (tertiary/aromatic N) is 1. The Hall–Kier alpha value is -4.61. The maximum atomic E-state index is 13.3. The number of hydrogen-bond acceptors (Lipinski definition) is 8. The molecule has 4 aromatic carbocycles. The van der Waals surface area contributed by atoms with Crippen molar-refractivity contribution in [2.75, 3.05) is 5.32 Å². The highest BCUT2D eigenvalue weighted by Crippen LogP contribution is 2.36. The zero-order chi connectivity index (χ0) is 28.4. The van der Waals surface area contributed by atoms with Gasteiger partial charge in [-0.2, -0.15) is 0 Å². The molecule has 0 fully saturated rings. The van der Waals surface area contributed by atoms with E-state index in [-0.39, 0.29) is 10.6 Å². The number of aromatic nitrogens is 1. The minimum atomic E-state index is -4.00. The van der Waals surface area contributed by atoms with Gasteiger partial charge in [0.15, 0.2) is 6.10 Å². The molecule has 9 nitrogen and oxygen atoms in total. The van der Waals surface area contributed by atoms with Gasteiger partial charge in [-0.15, -0.1) is 11.3 Å². The van der Waals surface area contributed by atoms with Gasteiger partial charge in [0.1, 0.15) is 5.01 Å². The number of ether oxygens (including phenoxy) is 1. The number of para-hydroxylation sites is 1. The summed E-state index contributed by atoms with van der Waals surface area (Å²) in [6.45, 7) is 2.54. The average Bonchev–Trinajstić information content (AvgIpc) is 3.36. The minimum Gasteiger partial charge on any atom is -0.449 e. The summed E-state index contributed by atoms with van der Waals surface area (Å²) in [5.41, 5.74) is 2.25. The third-order valence-corrected chi connectivity index (χ3v) is 8.53. The molecule has 0 aliphatic carbocycles. The van der Waals surface area contributed by atoms with Crippen LogP contribution in [-0.4, -0.2) is 37.3 Å². The second kappa shape index (κ2) is 10.9. The summed E-state index contributed by atoms with van der Waals surface area (Å²) in [6.07, 6.45) is -1.15. The number of thiazole rings is 1. The Morgan fingerprint density at radius 1 is 0.900 bits per heavy atom. The summed E-state index contributed by atoms with van der Waals surface area (Å²) in [5, 5.41) is 4.88. The number of esters is 1. The summed E-state index contributed by atoms with van der Waals surface area (Å²) in [5.74, 6) is -1.98. The van der Waals surface area contributed by atoms with E-state index < -0.39 is 33.9 Å². The number of carbonyl (C=O) groups is 3. The van der Waals surface area contributed by atoms with Crippen molar-refractivity contribution in [2.45, 2.75) is 24.8 Å². The van der Waals surface area contributed by atoms with Crippen molar-refractivity contribution < 1.29 is 27.5 Å². The molecule has 0 bridgehead atoms. The monoisotopic (exact) mass is 573 g/mol. The molecule has 0 aliphatic heterocycles. The van der Waals surface area contributed by atoms with E-state index in [1.807, 2.05) is 53.3 Å². The highest BCUT2D eigenvalue weighted by molar-refractivity contribution is 7.90.